The summed E-state index contributed by atoms with van der Waals surface area (Å²) < 4.78 is 8.37. The van der Waals surface area contributed by atoms with Crippen LogP contribution in [0.25, 0.3) is 19.8 Å². The van der Waals surface area contributed by atoms with Gasteiger partial charge in [-0.25, -0.2) is 0 Å². The van der Waals surface area contributed by atoms with Crippen LogP contribution in [0.2, 0.25) is 0 Å². The Kier molecular flexibility index (Phi) is 5.16. The Bertz CT molecular complexity index is 690. The van der Waals surface area contributed by atoms with Crippen LogP contribution in [0.1, 0.15) is 38.0 Å². The molecule has 0 unspecified atom stereocenters. The standard InChI is InChI=1S/C19H22OS2/c1-3-5-6-7-16-12-18-19(21-16)13-17(22-18)14-8-10-15(11-9-14)20-4-2/h8-13H,3-7H2,1-2H3. The molecule has 0 atom stereocenters. The molecule has 116 valence electrons. The van der Waals surface area contributed by atoms with Crippen molar-refractivity contribution in [1.82, 2.24) is 0 Å². The fourth-order valence-electron chi connectivity index (χ4n) is 2.58. The normalized spacial score (nSPS) is 11.2. The Morgan fingerprint density at radius 1 is 0.909 bits per heavy atom. The molecule has 2 aromatic heterocycles. The molecule has 3 rings (SSSR count). The van der Waals surface area contributed by atoms with Gasteiger partial charge in [0.05, 0.1) is 6.61 Å². The van der Waals surface area contributed by atoms with Gasteiger partial charge in [0.2, 0.25) is 0 Å². The molecule has 0 saturated heterocycles. The smallest absolute Gasteiger partial charge is 0.119 e. The minimum atomic E-state index is 0.717. The number of hydrogen-bond donors (Lipinski definition) is 0. The van der Waals surface area contributed by atoms with Gasteiger partial charge in [0.15, 0.2) is 0 Å². The summed E-state index contributed by atoms with van der Waals surface area (Å²) in [5.74, 6) is 0.947. The molecule has 0 saturated carbocycles. The van der Waals surface area contributed by atoms with Gasteiger partial charge in [-0.1, -0.05) is 19.8 Å². The number of rotatable bonds is 7. The average molecular weight is 331 g/mol. The van der Waals surface area contributed by atoms with E-state index in [1.165, 1.54) is 50.4 Å². The van der Waals surface area contributed by atoms with Crippen LogP contribution in [0.3, 0.4) is 0 Å². The predicted molar refractivity (Wildman–Crippen MR) is 99.5 cm³/mol. The van der Waals surface area contributed by atoms with Crippen molar-refractivity contribution in [3.63, 3.8) is 0 Å². The molecule has 0 radical (unpaired) electrons. The van der Waals surface area contributed by atoms with Crippen LogP contribution >= 0.6 is 22.7 Å². The van der Waals surface area contributed by atoms with E-state index in [2.05, 4.69) is 43.3 Å². The zero-order chi connectivity index (χ0) is 15.4. The molecule has 0 amide bonds. The van der Waals surface area contributed by atoms with Gasteiger partial charge in [-0.05, 0) is 61.7 Å². The molecule has 0 fully saturated rings. The molecular weight excluding hydrogens is 308 g/mol. The van der Waals surface area contributed by atoms with Crippen molar-refractivity contribution in [2.75, 3.05) is 6.61 Å². The number of ether oxygens (including phenoxy) is 1. The van der Waals surface area contributed by atoms with Gasteiger partial charge >= 0.3 is 0 Å². The monoisotopic (exact) mass is 330 g/mol. The molecule has 0 aliphatic rings. The van der Waals surface area contributed by atoms with Crippen LogP contribution in [0, 0.1) is 0 Å². The maximum absolute atomic E-state index is 5.51. The summed E-state index contributed by atoms with van der Waals surface area (Å²) in [4.78, 5) is 2.89. The predicted octanol–water partition coefficient (Wildman–Crippen LogP) is 6.76. The van der Waals surface area contributed by atoms with Crippen molar-refractivity contribution in [2.24, 2.45) is 0 Å². The summed E-state index contributed by atoms with van der Waals surface area (Å²) in [6.45, 7) is 4.99. The Morgan fingerprint density at radius 2 is 1.68 bits per heavy atom. The molecule has 0 bridgehead atoms. The van der Waals surface area contributed by atoms with Crippen molar-refractivity contribution in [3.8, 4) is 16.2 Å². The molecule has 0 aliphatic carbocycles. The lowest BCUT2D eigenvalue weighted by molar-refractivity contribution is 0.340. The van der Waals surface area contributed by atoms with Crippen molar-refractivity contribution in [2.45, 2.75) is 39.5 Å². The highest BCUT2D eigenvalue weighted by Gasteiger charge is 2.08. The van der Waals surface area contributed by atoms with Crippen molar-refractivity contribution in [1.29, 1.82) is 0 Å². The van der Waals surface area contributed by atoms with Gasteiger partial charge in [0.1, 0.15) is 5.75 Å². The molecule has 1 nitrogen and oxygen atoms in total. The lowest BCUT2D eigenvalue weighted by Gasteiger charge is -2.03. The first kappa shape index (κ1) is 15.6. The maximum Gasteiger partial charge on any atom is 0.119 e. The van der Waals surface area contributed by atoms with Gasteiger partial charge in [-0.15, -0.1) is 22.7 Å². The van der Waals surface area contributed by atoms with Gasteiger partial charge in [0, 0.05) is 19.2 Å². The van der Waals surface area contributed by atoms with Crippen molar-refractivity contribution < 1.29 is 4.74 Å². The van der Waals surface area contributed by atoms with Crippen molar-refractivity contribution in [3.05, 3.63) is 41.3 Å². The molecule has 3 heteroatoms. The Labute approximate surface area is 140 Å². The van der Waals surface area contributed by atoms with E-state index < -0.39 is 0 Å². The lowest BCUT2D eigenvalue weighted by Crippen LogP contribution is -1.90. The molecule has 0 spiro atoms. The van der Waals surface area contributed by atoms with E-state index in [-0.39, 0.29) is 0 Å². The minimum absolute atomic E-state index is 0.717. The number of benzene rings is 1. The third kappa shape index (κ3) is 3.53. The van der Waals surface area contributed by atoms with E-state index >= 15 is 0 Å². The largest absolute Gasteiger partial charge is 0.494 e. The van der Waals surface area contributed by atoms with E-state index in [1.54, 1.807) is 0 Å². The molecule has 2 heterocycles. The van der Waals surface area contributed by atoms with Crippen LogP contribution in [0.15, 0.2) is 36.4 Å². The molecule has 0 aliphatic heterocycles. The minimum Gasteiger partial charge on any atom is -0.494 e. The Morgan fingerprint density at radius 3 is 2.36 bits per heavy atom. The number of aryl methyl sites for hydroxylation is 1. The van der Waals surface area contributed by atoms with Crippen LogP contribution in [0.4, 0.5) is 0 Å². The molecule has 0 N–H and O–H groups in total. The summed E-state index contributed by atoms with van der Waals surface area (Å²) in [6.07, 6.45) is 5.18. The van der Waals surface area contributed by atoms with Crippen LogP contribution in [-0.4, -0.2) is 6.61 Å². The van der Waals surface area contributed by atoms with Gasteiger partial charge in [-0.2, -0.15) is 0 Å². The fourth-order valence-corrected chi connectivity index (χ4v) is 5.05. The van der Waals surface area contributed by atoms with E-state index in [9.17, 15) is 0 Å². The van der Waals surface area contributed by atoms with E-state index in [0.717, 1.165) is 12.4 Å². The second kappa shape index (κ2) is 7.30. The van der Waals surface area contributed by atoms with Gasteiger partial charge in [-0.3, -0.25) is 0 Å². The molecule has 3 aromatic rings. The highest BCUT2D eigenvalue weighted by atomic mass is 32.1. The first-order chi connectivity index (χ1) is 10.8. The summed E-state index contributed by atoms with van der Waals surface area (Å²) >= 11 is 3.86. The van der Waals surface area contributed by atoms with Crippen LogP contribution in [-0.2, 0) is 6.42 Å². The van der Waals surface area contributed by atoms with Gasteiger partial charge in [0.25, 0.3) is 0 Å². The summed E-state index contributed by atoms with van der Waals surface area (Å²) in [5, 5.41) is 0. The third-order valence-electron chi connectivity index (χ3n) is 3.73. The lowest BCUT2D eigenvalue weighted by atomic mass is 10.2. The highest BCUT2D eigenvalue weighted by Crippen LogP contribution is 2.39. The Balaban J connectivity index is 1.75. The number of unbranched alkanes of at least 4 members (excludes halogenated alkanes) is 2. The zero-order valence-corrected chi connectivity index (χ0v) is 14.9. The highest BCUT2D eigenvalue weighted by molar-refractivity contribution is 7.29. The van der Waals surface area contributed by atoms with Gasteiger partial charge < -0.3 is 4.74 Å². The van der Waals surface area contributed by atoms with E-state index in [4.69, 9.17) is 4.74 Å². The SMILES string of the molecule is CCCCCc1cc2sc(-c3ccc(OCC)cc3)cc2s1. The molecular formula is C19H22OS2. The van der Waals surface area contributed by atoms with Crippen LogP contribution in [0.5, 0.6) is 5.75 Å². The number of hydrogen-bond acceptors (Lipinski definition) is 3. The topological polar surface area (TPSA) is 9.23 Å². The second-order valence-corrected chi connectivity index (χ2v) is 7.72. The second-order valence-electron chi connectivity index (χ2n) is 5.47. The number of fused-ring (bicyclic) bond motifs is 1. The average Bonchev–Trinajstić information content (AvgIpc) is 3.07. The van der Waals surface area contributed by atoms with Crippen LogP contribution < -0.4 is 4.74 Å². The number of thiophene rings is 2. The first-order valence-corrected chi connectivity index (χ1v) is 9.69. The van der Waals surface area contributed by atoms with E-state index in [1.807, 2.05) is 29.6 Å². The van der Waals surface area contributed by atoms with Crippen molar-refractivity contribution >= 4 is 32.1 Å². The summed E-state index contributed by atoms with van der Waals surface area (Å²) in [5.41, 5.74) is 1.28. The maximum atomic E-state index is 5.51. The quantitative estimate of drug-likeness (QED) is 0.435. The zero-order valence-electron chi connectivity index (χ0n) is 13.2. The molecule has 1 aromatic carbocycles. The third-order valence-corrected chi connectivity index (χ3v) is 6.14. The Hall–Kier alpha value is -1.32. The summed E-state index contributed by atoms with van der Waals surface area (Å²) in [6, 6.07) is 13.2. The van der Waals surface area contributed by atoms with E-state index in [0.29, 0.717) is 0 Å². The first-order valence-electron chi connectivity index (χ1n) is 8.05. The summed E-state index contributed by atoms with van der Waals surface area (Å²) in [7, 11) is 0. The fraction of sp³-hybridized carbons (Fsp3) is 0.368. The molecule has 22 heavy (non-hydrogen) atoms.